The highest BCUT2D eigenvalue weighted by Crippen LogP contribution is 2.29. The monoisotopic (exact) mass is 222 g/mol. The van der Waals surface area contributed by atoms with Gasteiger partial charge in [-0.2, -0.15) is 0 Å². The fraction of sp³-hybridized carbons (Fsp3) is 0.571. The second-order valence-electron chi connectivity index (χ2n) is 4.47. The lowest BCUT2D eigenvalue weighted by Gasteiger charge is -2.25. The Balaban J connectivity index is 2.56. The Labute approximate surface area is 98.3 Å². The molecule has 2 heteroatoms. The van der Waals surface area contributed by atoms with Crippen molar-refractivity contribution >= 4 is 0 Å². The maximum Gasteiger partial charge on any atom is 0.0818 e. The van der Waals surface area contributed by atoms with Crippen LogP contribution in [0.4, 0.5) is 0 Å². The van der Waals surface area contributed by atoms with E-state index < -0.39 is 0 Å². The molecule has 2 nitrogen and oxygen atoms in total. The van der Waals surface area contributed by atoms with Gasteiger partial charge in [-0.1, -0.05) is 44.2 Å². The van der Waals surface area contributed by atoms with Gasteiger partial charge in [-0.15, -0.1) is 0 Å². The third kappa shape index (κ3) is 3.62. The second-order valence-corrected chi connectivity index (χ2v) is 4.47. The van der Waals surface area contributed by atoms with Crippen molar-refractivity contribution in [1.29, 1.82) is 0 Å². The van der Waals surface area contributed by atoms with Gasteiger partial charge < -0.3 is 9.84 Å². The van der Waals surface area contributed by atoms with Crippen LogP contribution in [0, 0.1) is 11.8 Å². The molecule has 0 radical (unpaired) electrons. The number of ether oxygens (including phenoxy) is 1. The summed E-state index contributed by atoms with van der Waals surface area (Å²) in [7, 11) is 1.71. The third-order valence-electron chi connectivity index (χ3n) is 3.31. The molecule has 1 rings (SSSR count). The highest BCUT2D eigenvalue weighted by Gasteiger charge is 2.21. The van der Waals surface area contributed by atoms with E-state index in [9.17, 15) is 5.11 Å². The lowest BCUT2D eigenvalue weighted by atomic mass is 9.85. The first-order valence-corrected chi connectivity index (χ1v) is 5.88. The lowest BCUT2D eigenvalue weighted by Crippen LogP contribution is -2.18. The van der Waals surface area contributed by atoms with Crippen molar-refractivity contribution in [3.05, 3.63) is 35.9 Å². The van der Waals surface area contributed by atoms with Crippen LogP contribution < -0.4 is 0 Å². The van der Waals surface area contributed by atoms with Crippen LogP contribution in [0.3, 0.4) is 0 Å². The Bertz CT molecular complexity index is 284. The zero-order chi connectivity index (χ0) is 12.0. The first kappa shape index (κ1) is 13.2. The van der Waals surface area contributed by atoms with Gasteiger partial charge >= 0.3 is 0 Å². The molecule has 0 saturated carbocycles. The van der Waals surface area contributed by atoms with Crippen molar-refractivity contribution < 1.29 is 9.84 Å². The maximum absolute atomic E-state index is 10.2. The molecule has 0 fully saturated rings. The van der Waals surface area contributed by atoms with E-state index in [2.05, 4.69) is 13.8 Å². The second kappa shape index (κ2) is 6.66. The van der Waals surface area contributed by atoms with Gasteiger partial charge in [-0.25, -0.2) is 0 Å². The Morgan fingerprint density at radius 2 is 1.81 bits per heavy atom. The predicted molar refractivity (Wildman–Crippen MR) is 66.2 cm³/mol. The Kier molecular flexibility index (Phi) is 5.50. The van der Waals surface area contributed by atoms with Gasteiger partial charge in [0, 0.05) is 13.7 Å². The zero-order valence-corrected chi connectivity index (χ0v) is 10.4. The highest BCUT2D eigenvalue weighted by molar-refractivity contribution is 5.17. The molecule has 0 aliphatic carbocycles. The van der Waals surface area contributed by atoms with Crippen LogP contribution >= 0.6 is 0 Å². The number of aliphatic hydroxyl groups is 1. The van der Waals surface area contributed by atoms with Gasteiger partial charge in [0.15, 0.2) is 0 Å². The van der Waals surface area contributed by atoms with Gasteiger partial charge in [-0.3, -0.25) is 0 Å². The molecule has 0 saturated heterocycles. The van der Waals surface area contributed by atoms with Gasteiger partial charge in [0.25, 0.3) is 0 Å². The summed E-state index contributed by atoms with van der Waals surface area (Å²) in [5.41, 5.74) is 0.999. The summed E-state index contributed by atoms with van der Waals surface area (Å²) >= 11 is 0. The van der Waals surface area contributed by atoms with Gasteiger partial charge in [0.05, 0.1) is 6.10 Å². The normalized spacial score (nSPS) is 16.8. The summed E-state index contributed by atoms with van der Waals surface area (Å²) in [6.45, 7) is 5.01. The fourth-order valence-corrected chi connectivity index (χ4v) is 1.83. The van der Waals surface area contributed by atoms with Gasteiger partial charge in [-0.05, 0) is 23.8 Å². The molecule has 1 N–H and O–H groups in total. The number of hydrogen-bond donors (Lipinski definition) is 1. The summed E-state index contributed by atoms with van der Waals surface area (Å²) < 4.78 is 5.07. The van der Waals surface area contributed by atoms with E-state index in [-0.39, 0.29) is 12.0 Å². The molecule has 0 bridgehead atoms. The minimum atomic E-state index is -0.381. The SMILES string of the molecule is COCCC(C)C(C)C(O)c1ccccc1. The Morgan fingerprint density at radius 1 is 1.19 bits per heavy atom. The number of benzene rings is 1. The zero-order valence-electron chi connectivity index (χ0n) is 10.4. The average molecular weight is 222 g/mol. The molecule has 3 unspecified atom stereocenters. The molecule has 0 aliphatic rings. The predicted octanol–water partition coefficient (Wildman–Crippen LogP) is 3.03. The van der Waals surface area contributed by atoms with E-state index in [1.165, 1.54) is 0 Å². The molecule has 0 aliphatic heterocycles. The molecule has 16 heavy (non-hydrogen) atoms. The summed E-state index contributed by atoms with van der Waals surface area (Å²) in [5, 5.41) is 10.2. The fourth-order valence-electron chi connectivity index (χ4n) is 1.83. The minimum absolute atomic E-state index is 0.248. The lowest BCUT2D eigenvalue weighted by molar-refractivity contribution is 0.0728. The van der Waals surface area contributed by atoms with E-state index in [0.717, 1.165) is 18.6 Å². The molecule has 90 valence electrons. The minimum Gasteiger partial charge on any atom is -0.388 e. The molecule has 0 amide bonds. The van der Waals surface area contributed by atoms with Crippen LogP contribution in [-0.2, 0) is 4.74 Å². The Morgan fingerprint density at radius 3 is 2.38 bits per heavy atom. The summed E-state index contributed by atoms with van der Waals surface area (Å²) in [6.07, 6.45) is 0.606. The standard InChI is InChI=1S/C14H22O2/c1-11(9-10-16-3)12(2)14(15)13-7-5-4-6-8-13/h4-8,11-12,14-15H,9-10H2,1-3H3. The first-order valence-electron chi connectivity index (χ1n) is 5.88. The van der Waals surface area contributed by atoms with E-state index in [0.29, 0.717) is 5.92 Å². The summed E-state index contributed by atoms with van der Waals surface area (Å²) in [6, 6.07) is 9.85. The maximum atomic E-state index is 10.2. The molecule has 3 atom stereocenters. The van der Waals surface area contributed by atoms with Crippen LogP contribution in [0.5, 0.6) is 0 Å². The third-order valence-corrected chi connectivity index (χ3v) is 3.31. The molecule has 1 aromatic carbocycles. The first-order chi connectivity index (χ1) is 7.66. The van der Waals surface area contributed by atoms with Crippen LogP contribution in [0.1, 0.15) is 31.9 Å². The van der Waals surface area contributed by atoms with Crippen LogP contribution in [-0.4, -0.2) is 18.8 Å². The number of hydrogen-bond acceptors (Lipinski definition) is 2. The summed E-state index contributed by atoms with van der Waals surface area (Å²) in [4.78, 5) is 0. The van der Waals surface area contributed by atoms with Crippen molar-refractivity contribution in [3.63, 3.8) is 0 Å². The highest BCUT2D eigenvalue weighted by atomic mass is 16.5. The van der Waals surface area contributed by atoms with Crippen LogP contribution in [0.15, 0.2) is 30.3 Å². The largest absolute Gasteiger partial charge is 0.388 e. The van der Waals surface area contributed by atoms with Gasteiger partial charge in [0.2, 0.25) is 0 Å². The number of methoxy groups -OCH3 is 1. The van der Waals surface area contributed by atoms with Crippen molar-refractivity contribution in [2.75, 3.05) is 13.7 Å². The number of rotatable bonds is 6. The van der Waals surface area contributed by atoms with Crippen LogP contribution in [0.2, 0.25) is 0 Å². The van der Waals surface area contributed by atoms with Crippen molar-refractivity contribution in [3.8, 4) is 0 Å². The van der Waals surface area contributed by atoms with Crippen molar-refractivity contribution in [2.24, 2.45) is 11.8 Å². The molecule has 0 heterocycles. The molecular weight excluding hydrogens is 200 g/mol. The van der Waals surface area contributed by atoms with Gasteiger partial charge in [0.1, 0.15) is 0 Å². The van der Waals surface area contributed by atoms with Crippen molar-refractivity contribution in [2.45, 2.75) is 26.4 Å². The van der Waals surface area contributed by atoms with E-state index >= 15 is 0 Å². The molecule has 1 aromatic rings. The van der Waals surface area contributed by atoms with E-state index in [4.69, 9.17) is 4.74 Å². The number of aliphatic hydroxyl groups excluding tert-OH is 1. The quantitative estimate of drug-likeness (QED) is 0.801. The van der Waals surface area contributed by atoms with Crippen molar-refractivity contribution in [1.82, 2.24) is 0 Å². The average Bonchev–Trinajstić information content (AvgIpc) is 2.35. The van der Waals surface area contributed by atoms with E-state index in [1.54, 1.807) is 7.11 Å². The Hall–Kier alpha value is -0.860. The molecule has 0 aromatic heterocycles. The van der Waals surface area contributed by atoms with Crippen LogP contribution in [0.25, 0.3) is 0 Å². The molecular formula is C14H22O2. The topological polar surface area (TPSA) is 29.5 Å². The van der Waals surface area contributed by atoms with E-state index in [1.807, 2.05) is 30.3 Å². The summed E-state index contributed by atoms with van der Waals surface area (Å²) in [5.74, 6) is 0.702. The smallest absolute Gasteiger partial charge is 0.0818 e. The molecule has 0 spiro atoms.